The van der Waals surface area contributed by atoms with Crippen LogP contribution in [0.4, 0.5) is 5.69 Å². The second kappa shape index (κ2) is 10.0. The van der Waals surface area contributed by atoms with E-state index in [9.17, 15) is 9.59 Å². The van der Waals surface area contributed by atoms with Gasteiger partial charge in [0.2, 0.25) is 0 Å². The number of anilines is 1. The van der Waals surface area contributed by atoms with Crippen LogP contribution in [0.2, 0.25) is 0 Å². The van der Waals surface area contributed by atoms with E-state index in [4.69, 9.17) is 9.15 Å². The predicted molar refractivity (Wildman–Crippen MR) is 140 cm³/mol. The SMILES string of the molecule is CCOC(=O)c1cnn2c(-c3cccc(NC(=O)c4ccc(Cn5nc(C)c(Br)c5C)o4)c3)ccnc12. The fourth-order valence-electron chi connectivity index (χ4n) is 3.97. The van der Waals surface area contributed by atoms with E-state index in [0.29, 0.717) is 29.3 Å². The lowest BCUT2D eigenvalue weighted by Crippen LogP contribution is -2.11. The van der Waals surface area contributed by atoms with E-state index in [1.807, 2.05) is 36.7 Å². The Morgan fingerprint density at radius 2 is 2.00 bits per heavy atom. The van der Waals surface area contributed by atoms with Gasteiger partial charge in [0.1, 0.15) is 11.3 Å². The smallest absolute Gasteiger partial charge is 0.343 e. The number of aromatic nitrogens is 5. The number of carbonyl (C=O) groups is 2. The highest BCUT2D eigenvalue weighted by Crippen LogP contribution is 2.25. The maximum atomic E-state index is 12.9. The molecule has 0 fully saturated rings. The van der Waals surface area contributed by atoms with Crippen molar-refractivity contribution >= 4 is 39.1 Å². The Labute approximate surface area is 220 Å². The van der Waals surface area contributed by atoms with Gasteiger partial charge in [0.05, 0.1) is 40.9 Å². The summed E-state index contributed by atoms with van der Waals surface area (Å²) in [6.45, 7) is 6.30. The minimum Gasteiger partial charge on any atom is -0.462 e. The lowest BCUT2D eigenvalue weighted by Gasteiger charge is -2.08. The number of nitrogens with one attached hydrogen (secondary N) is 1. The van der Waals surface area contributed by atoms with Crippen LogP contribution in [0.15, 0.2) is 63.7 Å². The van der Waals surface area contributed by atoms with Gasteiger partial charge in [0.25, 0.3) is 5.91 Å². The van der Waals surface area contributed by atoms with Crippen molar-refractivity contribution < 1.29 is 18.7 Å². The van der Waals surface area contributed by atoms with Gasteiger partial charge in [-0.15, -0.1) is 0 Å². The monoisotopic (exact) mass is 562 g/mol. The van der Waals surface area contributed by atoms with Gasteiger partial charge < -0.3 is 14.5 Å². The molecule has 0 saturated heterocycles. The molecule has 11 heteroatoms. The zero-order valence-electron chi connectivity index (χ0n) is 20.4. The van der Waals surface area contributed by atoms with Crippen molar-refractivity contribution in [2.45, 2.75) is 27.3 Å². The maximum absolute atomic E-state index is 12.9. The van der Waals surface area contributed by atoms with E-state index in [2.05, 4.69) is 36.4 Å². The zero-order chi connectivity index (χ0) is 26.1. The van der Waals surface area contributed by atoms with E-state index in [1.54, 1.807) is 41.9 Å². The van der Waals surface area contributed by atoms with E-state index >= 15 is 0 Å². The first kappa shape index (κ1) is 24.4. The Kier molecular flexibility index (Phi) is 6.62. The van der Waals surface area contributed by atoms with Gasteiger partial charge >= 0.3 is 5.97 Å². The van der Waals surface area contributed by atoms with E-state index in [1.165, 1.54) is 6.20 Å². The average molecular weight is 563 g/mol. The summed E-state index contributed by atoms with van der Waals surface area (Å²) in [6.07, 6.45) is 3.04. The highest BCUT2D eigenvalue weighted by Gasteiger charge is 2.18. The third-order valence-corrected chi connectivity index (χ3v) is 6.94. The molecular formula is C26H23BrN6O4. The molecule has 188 valence electrons. The summed E-state index contributed by atoms with van der Waals surface area (Å²) in [5.41, 5.74) is 4.60. The van der Waals surface area contributed by atoms with Crippen LogP contribution < -0.4 is 5.32 Å². The summed E-state index contributed by atoms with van der Waals surface area (Å²) >= 11 is 3.52. The molecule has 0 spiro atoms. The molecule has 0 bridgehead atoms. The number of aryl methyl sites for hydroxylation is 1. The van der Waals surface area contributed by atoms with Gasteiger partial charge in [-0.1, -0.05) is 12.1 Å². The van der Waals surface area contributed by atoms with Crippen molar-refractivity contribution in [3.63, 3.8) is 0 Å². The van der Waals surface area contributed by atoms with Crippen LogP contribution in [-0.4, -0.2) is 42.9 Å². The number of esters is 1. The standard InChI is InChI=1S/C26H23BrN6O4/c1-4-36-26(35)20-13-29-33-21(10-11-28-24(20)33)17-6-5-7-18(12-17)30-25(34)22-9-8-19(37-22)14-32-16(3)23(27)15(2)31-32/h5-13H,4,14H2,1-3H3,(H,30,34). The summed E-state index contributed by atoms with van der Waals surface area (Å²) < 4.78 is 15.2. The van der Waals surface area contributed by atoms with Crippen molar-refractivity contribution in [2.24, 2.45) is 0 Å². The Balaban J connectivity index is 1.35. The number of benzene rings is 1. The fraction of sp³-hybridized carbons (Fsp3) is 0.192. The van der Waals surface area contributed by atoms with Gasteiger partial charge in [0, 0.05) is 17.4 Å². The molecule has 1 amide bonds. The molecule has 1 aromatic carbocycles. The second-order valence-electron chi connectivity index (χ2n) is 8.29. The quantitative estimate of drug-likeness (QED) is 0.276. The number of fused-ring (bicyclic) bond motifs is 1. The molecule has 0 radical (unpaired) electrons. The Morgan fingerprint density at radius 3 is 2.76 bits per heavy atom. The molecule has 10 nitrogen and oxygen atoms in total. The maximum Gasteiger partial charge on any atom is 0.343 e. The molecule has 5 aromatic rings. The van der Waals surface area contributed by atoms with Gasteiger partial charge in [-0.3, -0.25) is 9.48 Å². The molecule has 0 aliphatic carbocycles. The van der Waals surface area contributed by atoms with Crippen LogP contribution in [-0.2, 0) is 11.3 Å². The Hall–Kier alpha value is -4.25. The van der Waals surface area contributed by atoms with Crippen LogP contribution in [0, 0.1) is 13.8 Å². The molecule has 4 heterocycles. The van der Waals surface area contributed by atoms with Crippen LogP contribution in [0.25, 0.3) is 16.9 Å². The first-order valence-electron chi connectivity index (χ1n) is 11.6. The summed E-state index contributed by atoms with van der Waals surface area (Å²) in [4.78, 5) is 29.4. The highest BCUT2D eigenvalue weighted by molar-refractivity contribution is 9.10. The van der Waals surface area contributed by atoms with Gasteiger partial charge in [-0.2, -0.15) is 10.2 Å². The summed E-state index contributed by atoms with van der Waals surface area (Å²) in [5.74, 6) is -0.0429. The third kappa shape index (κ3) is 4.77. The molecule has 0 unspecified atom stereocenters. The van der Waals surface area contributed by atoms with Crippen LogP contribution in [0.5, 0.6) is 0 Å². The number of nitrogens with zero attached hydrogens (tertiary/aromatic N) is 5. The lowest BCUT2D eigenvalue weighted by atomic mass is 10.1. The van der Waals surface area contributed by atoms with Gasteiger partial charge in [-0.05, 0) is 67.0 Å². The lowest BCUT2D eigenvalue weighted by molar-refractivity contribution is 0.0528. The molecule has 4 aromatic heterocycles. The molecule has 0 atom stereocenters. The van der Waals surface area contributed by atoms with E-state index < -0.39 is 5.97 Å². The number of halogens is 1. The first-order chi connectivity index (χ1) is 17.9. The zero-order valence-corrected chi connectivity index (χ0v) is 21.9. The van der Waals surface area contributed by atoms with E-state index in [0.717, 1.165) is 21.4 Å². The molecular weight excluding hydrogens is 540 g/mol. The van der Waals surface area contributed by atoms with Crippen molar-refractivity contribution in [1.29, 1.82) is 0 Å². The molecule has 0 aliphatic rings. The Bertz CT molecular complexity index is 1630. The first-order valence-corrected chi connectivity index (χ1v) is 12.3. The summed E-state index contributed by atoms with van der Waals surface area (Å²) in [5, 5.41) is 11.7. The van der Waals surface area contributed by atoms with E-state index in [-0.39, 0.29) is 23.8 Å². The molecule has 0 aliphatic heterocycles. The van der Waals surface area contributed by atoms with Crippen molar-refractivity contribution in [3.05, 3.63) is 87.8 Å². The van der Waals surface area contributed by atoms with Gasteiger partial charge in [0.15, 0.2) is 11.4 Å². The molecule has 37 heavy (non-hydrogen) atoms. The number of ether oxygens (including phenoxy) is 1. The van der Waals surface area contributed by atoms with Crippen LogP contribution in [0.3, 0.4) is 0 Å². The topological polar surface area (TPSA) is 117 Å². The average Bonchev–Trinajstić information content (AvgIpc) is 3.60. The number of carbonyl (C=O) groups excluding carboxylic acids is 2. The second-order valence-corrected chi connectivity index (χ2v) is 9.08. The minimum atomic E-state index is -0.480. The molecule has 5 rings (SSSR count). The summed E-state index contributed by atoms with van der Waals surface area (Å²) in [6, 6.07) is 12.5. The highest BCUT2D eigenvalue weighted by atomic mass is 79.9. The number of rotatable bonds is 7. The van der Waals surface area contributed by atoms with Crippen molar-refractivity contribution in [3.8, 4) is 11.3 Å². The molecule has 0 saturated carbocycles. The third-order valence-electron chi connectivity index (χ3n) is 5.80. The van der Waals surface area contributed by atoms with Gasteiger partial charge in [-0.25, -0.2) is 14.3 Å². The normalized spacial score (nSPS) is 11.1. The van der Waals surface area contributed by atoms with Crippen molar-refractivity contribution in [1.82, 2.24) is 24.4 Å². The number of hydrogen-bond donors (Lipinski definition) is 1. The van der Waals surface area contributed by atoms with Crippen LogP contribution >= 0.6 is 15.9 Å². The summed E-state index contributed by atoms with van der Waals surface area (Å²) in [7, 11) is 0. The number of amides is 1. The minimum absolute atomic E-state index is 0.193. The van der Waals surface area contributed by atoms with Crippen molar-refractivity contribution in [2.75, 3.05) is 11.9 Å². The number of furan rings is 1. The Morgan fingerprint density at radius 1 is 1.16 bits per heavy atom. The van der Waals surface area contributed by atoms with Crippen LogP contribution in [0.1, 0.15) is 45.0 Å². The number of hydrogen-bond acceptors (Lipinski definition) is 7. The fourth-order valence-corrected chi connectivity index (χ4v) is 4.26. The largest absolute Gasteiger partial charge is 0.462 e. The predicted octanol–water partition coefficient (Wildman–Crippen LogP) is 5.04. The molecule has 1 N–H and O–H groups in total.